The number of halogens is 3. The number of aromatic nitrogens is 2. The van der Waals surface area contributed by atoms with Gasteiger partial charge in [0.1, 0.15) is 6.54 Å². The highest BCUT2D eigenvalue weighted by atomic mass is 19.4. The van der Waals surface area contributed by atoms with Gasteiger partial charge in [-0.15, -0.1) is 0 Å². The number of alkyl halides is 3. The molecular formula is C16H23F3N4O. The number of amides is 1. The van der Waals surface area contributed by atoms with Gasteiger partial charge in [0.2, 0.25) is 5.91 Å². The molecule has 1 aliphatic heterocycles. The third-order valence-electron chi connectivity index (χ3n) is 5.07. The molecule has 2 heterocycles. The Hall–Kier alpha value is -1.57. The maximum absolute atomic E-state index is 13.2. The lowest BCUT2D eigenvalue weighted by atomic mass is 9.95. The first-order chi connectivity index (χ1) is 11.4. The van der Waals surface area contributed by atoms with Crippen LogP contribution in [0.4, 0.5) is 13.2 Å². The van der Waals surface area contributed by atoms with Gasteiger partial charge in [-0.2, -0.15) is 18.3 Å². The van der Waals surface area contributed by atoms with E-state index in [0.717, 1.165) is 25.7 Å². The minimum Gasteiger partial charge on any atom is -0.341 e. The van der Waals surface area contributed by atoms with Gasteiger partial charge in [-0.05, 0) is 45.6 Å². The highest BCUT2D eigenvalue weighted by Crippen LogP contribution is 2.35. The number of carbonyl (C=O) groups excluding carboxylic acids is 1. The molecule has 24 heavy (non-hydrogen) atoms. The van der Waals surface area contributed by atoms with Crippen LogP contribution < -0.4 is 5.32 Å². The van der Waals surface area contributed by atoms with Gasteiger partial charge in [-0.3, -0.25) is 9.48 Å². The molecule has 2 aliphatic rings. The van der Waals surface area contributed by atoms with Crippen LogP contribution in [-0.4, -0.2) is 46.8 Å². The summed E-state index contributed by atoms with van der Waals surface area (Å²) in [7, 11) is 1.90. The first-order valence-electron chi connectivity index (χ1n) is 8.51. The summed E-state index contributed by atoms with van der Waals surface area (Å²) in [6, 6.07) is 0.406. The Bertz CT molecular complexity index is 603. The van der Waals surface area contributed by atoms with Crippen molar-refractivity contribution in [2.24, 2.45) is 0 Å². The van der Waals surface area contributed by atoms with Gasteiger partial charge < -0.3 is 10.2 Å². The van der Waals surface area contributed by atoms with Crippen LogP contribution in [0.3, 0.4) is 0 Å². The van der Waals surface area contributed by atoms with Crippen molar-refractivity contribution in [3.8, 4) is 0 Å². The van der Waals surface area contributed by atoms with E-state index in [0.29, 0.717) is 37.7 Å². The molecular weight excluding hydrogens is 321 g/mol. The Morgan fingerprint density at radius 3 is 2.54 bits per heavy atom. The molecule has 0 aromatic carbocycles. The standard InChI is InChI=1S/C16H23F3N4O/c1-20-11-6-8-22(9-7-11)14(24)10-23-13-5-3-2-4-12(13)15(21-23)16(17,18)19/h11,20H,2-10H2,1H3. The van der Waals surface area contributed by atoms with Gasteiger partial charge in [0, 0.05) is 30.4 Å². The largest absolute Gasteiger partial charge is 0.435 e. The van der Waals surface area contributed by atoms with E-state index in [-0.39, 0.29) is 18.0 Å². The van der Waals surface area contributed by atoms with Crippen LogP contribution in [0.5, 0.6) is 0 Å². The second-order valence-electron chi connectivity index (χ2n) is 6.58. The summed E-state index contributed by atoms with van der Waals surface area (Å²) in [5.41, 5.74) is 0.0707. The number of carbonyl (C=O) groups is 1. The summed E-state index contributed by atoms with van der Waals surface area (Å²) in [5.74, 6) is -0.144. The van der Waals surface area contributed by atoms with Crippen molar-refractivity contribution in [1.29, 1.82) is 0 Å². The maximum atomic E-state index is 13.2. The van der Waals surface area contributed by atoms with Crippen molar-refractivity contribution >= 4 is 5.91 Å². The fourth-order valence-corrected chi connectivity index (χ4v) is 3.67. The molecule has 8 heteroatoms. The second kappa shape index (κ2) is 6.74. The molecule has 0 radical (unpaired) electrons. The lowest BCUT2D eigenvalue weighted by Crippen LogP contribution is -2.45. The quantitative estimate of drug-likeness (QED) is 0.912. The third-order valence-corrected chi connectivity index (χ3v) is 5.07. The zero-order valence-electron chi connectivity index (χ0n) is 13.8. The molecule has 1 N–H and O–H groups in total. The van der Waals surface area contributed by atoms with E-state index < -0.39 is 11.9 Å². The third kappa shape index (κ3) is 3.43. The zero-order chi connectivity index (χ0) is 17.3. The van der Waals surface area contributed by atoms with E-state index in [9.17, 15) is 18.0 Å². The minimum absolute atomic E-state index is 0.0946. The Labute approximate surface area is 139 Å². The molecule has 0 spiro atoms. The van der Waals surface area contributed by atoms with Gasteiger partial charge in [-0.1, -0.05) is 0 Å². The van der Waals surface area contributed by atoms with Crippen LogP contribution in [0.25, 0.3) is 0 Å². The predicted molar refractivity (Wildman–Crippen MR) is 82.5 cm³/mol. The van der Waals surface area contributed by atoms with E-state index in [2.05, 4.69) is 10.4 Å². The fraction of sp³-hybridized carbons (Fsp3) is 0.750. The smallest absolute Gasteiger partial charge is 0.341 e. The summed E-state index contributed by atoms with van der Waals surface area (Å²) in [6.45, 7) is 1.18. The monoisotopic (exact) mass is 344 g/mol. The molecule has 5 nitrogen and oxygen atoms in total. The molecule has 0 saturated carbocycles. The van der Waals surface area contributed by atoms with Crippen molar-refractivity contribution < 1.29 is 18.0 Å². The summed E-state index contributed by atoms with van der Waals surface area (Å²) >= 11 is 0. The van der Waals surface area contributed by atoms with E-state index >= 15 is 0 Å². The summed E-state index contributed by atoms with van der Waals surface area (Å²) in [6.07, 6.45) is -0.175. The maximum Gasteiger partial charge on any atom is 0.435 e. The molecule has 1 saturated heterocycles. The van der Waals surface area contributed by atoms with Gasteiger partial charge in [0.25, 0.3) is 0 Å². The molecule has 1 amide bonds. The number of nitrogens with one attached hydrogen (secondary N) is 1. The fourth-order valence-electron chi connectivity index (χ4n) is 3.67. The number of fused-ring (bicyclic) bond motifs is 1. The van der Waals surface area contributed by atoms with E-state index in [1.54, 1.807) is 4.90 Å². The highest BCUT2D eigenvalue weighted by Gasteiger charge is 2.39. The summed E-state index contributed by atoms with van der Waals surface area (Å²) in [4.78, 5) is 14.2. The molecule has 1 fully saturated rings. The number of hydrogen-bond acceptors (Lipinski definition) is 3. The Kier molecular flexibility index (Phi) is 4.85. The van der Waals surface area contributed by atoms with Crippen LogP contribution in [0.15, 0.2) is 0 Å². The van der Waals surface area contributed by atoms with Gasteiger partial charge in [-0.25, -0.2) is 0 Å². The topological polar surface area (TPSA) is 50.2 Å². The number of rotatable bonds is 3. The van der Waals surface area contributed by atoms with Crippen molar-refractivity contribution in [3.63, 3.8) is 0 Å². The first-order valence-corrected chi connectivity index (χ1v) is 8.51. The zero-order valence-corrected chi connectivity index (χ0v) is 13.8. The van der Waals surface area contributed by atoms with Gasteiger partial charge >= 0.3 is 6.18 Å². The number of nitrogens with zero attached hydrogens (tertiary/aromatic N) is 3. The van der Waals surface area contributed by atoms with Crippen molar-refractivity contribution in [2.45, 2.75) is 57.3 Å². The molecule has 0 unspecified atom stereocenters. The summed E-state index contributed by atoms with van der Waals surface area (Å²) < 4.78 is 40.9. The second-order valence-corrected chi connectivity index (χ2v) is 6.58. The SMILES string of the molecule is CNC1CCN(C(=O)Cn2nc(C(F)(F)F)c3c2CCCC3)CC1. The Morgan fingerprint density at radius 1 is 1.25 bits per heavy atom. The molecule has 134 valence electrons. The lowest BCUT2D eigenvalue weighted by Gasteiger charge is -2.32. The van der Waals surface area contributed by atoms with E-state index in [4.69, 9.17) is 0 Å². The summed E-state index contributed by atoms with van der Waals surface area (Å²) in [5, 5.41) is 6.95. The average molecular weight is 344 g/mol. The molecule has 1 aliphatic carbocycles. The van der Waals surface area contributed by atoms with Crippen molar-refractivity contribution in [3.05, 3.63) is 17.0 Å². The normalized spacial score (nSPS) is 19.4. The van der Waals surface area contributed by atoms with E-state index in [1.807, 2.05) is 7.05 Å². The van der Waals surface area contributed by atoms with Crippen molar-refractivity contribution in [1.82, 2.24) is 20.0 Å². The Balaban J connectivity index is 1.75. The number of piperidine rings is 1. The molecule has 0 bridgehead atoms. The van der Waals surface area contributed by atoms with Crippen LogP contribution in [0, 0.1) is 0 Å². The van der Waals surface area contributed by atoms with Gasteiger partial charge in [0.15, 0.2) is 5.69 Å². The van der Waals surface area contributed by atoms with Crippen molar-refractivity contribution in [2.75, 3.05) is 20.1 Å². The number of likely N-dealkylation sites (tertiary alicyclic amines) is 1. The molecule has 1 aromatic rings. The average Bonchev–Trinajstić information content (AvgIpc) is 2.94. The van der Waals surface area contributed by atoms with Crippen LogP contribution in [0.2, 0.25) is 0 Å². The van der Waals surface area contributed by atoms with Gasteiger partial charge in [0.05, 0.1) is 0 Å². The predicted octanol–water partition coefficient (Wildman–Crippen LogP) is 1.99. The first kappa shape index (κ1) is 17.3. The molecule has 3 rings (SSSR count). The van der Waals surface area contributed by atoms with E-state index in [1.165, 1.54) is 4.68 Å². The Morgan fingerprint density at radius 2 is 1.92 bits per heavy atom. The van der Waals surface area contributed by atoms with Crippen LogP contribution in [-0.2, 0) is 30.4 Å². The number of hydrogen-bond donors (Lipinski definition) is 1. The molecule has 0 atom stereocenters. The minimum atomic E-state index is -4.46. The molecule has 1 aromatic heterocycles. The van der Waals surface area contributed by atoms with Crippen LogP contribution >= 0.6 is 0 Å². The van der Waals surface area contributed by atoms with Crippen LogP contribution in [0.1, 0.15) is 42.6 Å². The lowest BCUT2D eigenvalue weighted by molar-refractivity contribution is -0.142. The highest BCUT2D eigenvalue weighted by molar-refractivity contribution is 5.76.